The molecule has 2 fully saturated rings. The van der Waals surface area contributed by atoms with E-state index >= 15 is 0 Å². The van der Waals surface area contributed by atoms with Crippen molar-refractivity contribution in [1.82, 2.24) is 0 Å². The second-order valence-corrected chi connectivity index (χ2v) is 7.20. The van der Waals surface area contributed by atoms with Crippen LogP contribution in [0.15, 0.2) is 30.3 Å². The molecule has 3 rings (SSSR count). The summed E-state index contributed by atoms with van der Waals surface area (Å²) in [6, 6.07) is 9.21. The van der Waals surface area contributed by atoms with E-state index in [-0.39, 0.29) is 5.92 Å². The smallest absolute Gasteiger partial charge is 0.344 e. The zero-order chi connectivity index (χ0) is 17.0. The molecule has 3 heteroatoms. The van der Waals surface area contributed by atoms with Gasteiger partial charge in [0.2, 0.25) is 0 Å². The van der Waals surface area contributed by atoms with Crippen molar-refractivity contribution in [2.45, 2.75) is 69.0 Å². The van der Waals surface area contributed by atoms with E-state index in [1.54, 1.807) is 0 Å². The third kappa shape index (κ3) is 3.08. The Morgan fingerprint density at radius 3 is 2.33 bits per heavy atom. The Morgan fingerprint density at radius 2 is 1.75 bits per heavy atom. The Kier molecular flexibility index (Phi) is 4.96. The van der Waals surface area contributed by atoms with Crippen molar-refractivity contribution in [2.75, 3.05) is 0 Å². The third-order valence-electron chi connectivity index (χ3n) is 5.68. The summed E-state index contributed by atoms with van der Waals surface area (Å²) in [5, 5.41) is 11.5. The van der Waals surface area contributed by atoms with Crippen molar-refractivity contribution < 1.29 is 14.6 Å². The van der Waals surface area contributed by atoms with Gasteiger partial charge in [0.25, 0.3) is 0 Å². The largest absolute Gasteiger partial charge is 0.443 e. The molecule has 0 bridgehead atoms. The summed E-state index contributed by atoms with van der Waals surface area (Å²) in [6.45, 7) is 0. The molecular formula is C21H26O3. The van der Waals surface area contributed by atoms with E-state index in [1.807, 2.05) is 30.3 Å². The second kappa shape index (κ2) is 6.99. The lowest BCUT2D eigenvalue weighted by Crippen LogP contribution is -2.48. The average molecular weight is 326 g/mol. The third-order valence-corrected chi connectivity index (χ3v) is 5.68. The molecule has 24 heavy (non-hydrogen) atoms. The molecule has 3 nitrogen and oxygen atoms in total. The Hall–Kier alpha value is -1.79. The molecule has 0 heterocycles. The first-order valence-corrected chi connectivity index (χ1v) is 9.10. The van der Waals surface area contributed by atoms with Crippen LogP contribution in [0.1, 0.15) is 63.4 Å². The van der Waals surface area contributed by atoms with Gasteiger partial charge in [-0.3, -0.25) is 0 Å². The van der Waals surface area contributed by atoms with Crippen molar-refractivity contribution in [3.63, 3.8) is 0 Å². The lowest BCUT2D eigenvalue weighted by Gasteiger charge is -2.38. The molecule has 2 aliphatic carbocycles. The number of aliphatic hydroxyl groups is 1. The zero-order valence-electron chi connectivity index (χ0n) is 14.2. The van der Waals surface area contributed by atoms with E-state index in [1.165, 1.54) is 0 Å². The molecule has 2 saturated carbocycles. The quantitative estimate of drug-likeness (QED) is 0.673. The van der Waals surface area contributed by atoms with Gasteiger partial charge in [0.05, 0.1) is 0 Å². The first-order valence-electron chi connectivity index (χ1n) is 9.10. The van der Waals surface area contributed by atoms with Gasteiger partial charge in [-0.2, -0.15) is 0 Å². The van der Waals surface area contributed by atoms with E-state index in [2.05, 4.69) is 5.92 Å². The minimum atomic E-state index is -1.60. The zero-order valence-corrected chi connectivity index (χ0v) is 14.2. The van der Waals surface area contributed by atoms with Crippen molar-refractivity contribution >= 4 is 5.97 Å². The van der Waals surface area contributed by atoms with Gasteiger partial charge in [0, 0.05) is 5.92 Å². The first kappa shape index (κ1) is 17.0. The van der Waals surface area contributed by atoms with Crippen LogP contribution in [0.2, 0.25) is 0 Å². The van der Waals surface area contributed by atoms with Crippen LogP contribution < -0.4 is 0 Å². The summed E-state index contributed by atoms with van der Waals surface area (Å²) < 4.78 is 5.80. The number of rotatable bonds is 4. The van der Waals surface area contributed by atoms with E-state index in [0.29, 0.717) is 18.4 Å². The van der Waals surface area contributed by atoms with Gasteiger partial charge in [0.15, 0.2) is 11.2 Å². The molecule has 128 valence electrons. The van der Waals surface area contributed by atoms with Crippen LogP contribution in [0.3, 0.4) is 0 Å². The highest BCUT2D eigenvalue weighted by atomic mass is 16.6. The van der Waals surface area contributed by atoms with Crippen LogP contribution in [0, 0.1) is 18.3 Å². The van der Waals surface area contributed by atoms with Gasteiger partial charge in [0.1, 0.15) is 0 Å². The van der Waals surface area contributed by atoms with Gasteiger partial charge in [-0.05, 0) is 44.1 Å². The minimum absolute atomic E-state index is 0.114. The maximum atomic E-state index is 13.1. The summed E-state index contributed by atoms with van der Waals surface area (Å²) in [7, 11) is 0. The van der Waals surface area contributed by atoms with Crippen molar-refractivity contribution in [2.24, 2.45) is 5.92 Å². The molecule has 1 aromatic carbocycles. The molecule has 1 atom stereocenters. The molecule has 0 amide bonds. The molecule has 1 N–H and O–H groups in total. The number of hydrogen-bond acceptors (Lipinski definition) is 3. The van der Waals surface area contributed by atoms with Crippen LogP contribution in [-0.2, 0) is 15.1 Å². The second-order valence-electron chi connectivity index (χ2n) is 7.20. The SMILES string of the molecule is C#CC1(OC(=O)C(O)(c2ccccc2)C2CCCCC2)CCCC1. The Morgan fingerprint density at radius 1 is 1.12 bits per heavy atom. The molecule has 0 saturated heterocycles. The molecule has 0 aromatic heterocycles. The molecule has 0 aliphatic heterocycles. The highest BCUT2D eigenvalue weighted by molar-refractivity contribution is 5.82. The number of esters is 1. The normalized spacial score (nSPS) is 23.2. The van der Waals surface area contributed by atoms with Crippen LogP contribution in [0.25, 0.3) is 0 Å². The van der Waals surface area contributed by atoms with E-state index < -0.39 is 17.2 Å². The number of benzene rings is 1. The van der Waals surface area contributed by atoms with Gasteiger partial charge < -0.3 is 9.84 Å². The summed E-state index contributed by atoms with van der Waals surface area (Å²) >= 11 is 0. The van der Waals surface area contributed by atoms with E-state index in [4.69, 9.17) is 11.2 Å². The molecular weight excluding hydrogens is 300 g/mol. The molecule has 0 radical (unpaired) electrons. The average Bonchev–Trinajstić information content (AvgIpc) is 3.11. The Bertz CT molecular complexity index is 604. The number of hydrogen-bond donors (Lipinski definition) is 1. The monoisotopic (exact) mass is 326 g/mol. The van der Waals surface area contributed by atoms with Crippen LogP contribution >= 0.6 is 0 Å². The fourth-order valence-electron chi connectivity index (χ4n) is 4.21. The summed E-state index contributed by atoms with van der Waals surface area (Å²) in [5.41, 5.74) is -1.82. The van der Waals surface area contributed by atoms with Gasteiger partial charge in [-0.15, -0.1) is 6.42 Å². The topological polar surface area (TPSA) is 46.5 Å². The fourth-order valence-corrected chi connectivity index (χ4v) is 4.21. The number of carbonyl (C=O) groups excluding carboxylic acids is 1. The molecule has 2 aliphatic rings. The van der Waals surface area contributed by atoms with Crippen molar-refractivity contribution in [3.05, 3.63) is 35.9 Å². The molecule has 1 unspecified atom stereocenters. The Labute approximate surface area is 144 Å². The Balaban J connectivity index is 1.92. The highest BCUT2D eigenvalue weighted by Gasteiger charge is 2.50. The van der Waals surface area contributed by atoms with Gasteiger partial charge >= 0.3 is 5.97 Å². The fraction of sp³-hybridized carbons (Fsp3) is 0.571. The first-order chi connectivity index (χ1) is 11.6. The predicted molar refractivity (Wildman–Crippen MR) is 93.0 cm³/mol. The van der Waals surface area contributed by atoms with E-state index in [9.17, 15) is 9.90 Å². The summed E-state index contributed by atoms with van der Waals surface area (Å²) in [5.74, 6) is 2.00. The number of carbonyl (C=O) groups is 1. The van der Waals surface area contributed by atoms with Crippen LogP contribution in [0.4, 0.5) is 0 Å². The van der Waals surface area contributed by atoms with Gasteiger partial charge in [-0.25, -0.2) is 4.79 Å². The van der Waals surface area contributed by atoms with Gasteiger partial charge in [-0.1, -0.05) is 55.5 Å². The minimum Gasteiger partial charge on any atom is -0.443 e. The maximum absolute atomic E-state index is 13.1. The summed E-state index contributed by atoms with van der Waals surface area (Å²) in [4.78, 5) is 13.1. The molecule has 1 aromatic rings. The van der Waals surface area contributed by atoms with Crippen LogP contribution in [-0.4, -0.2) is 16.7 Å². The predicted octanol–water partition coefficient (Wildman–Crippen LogP) is 3.94. The number of ether oxygens (including phenoxy) is 1. The van der Waals surface area contributed by atoms with Crippen molar-refractivity contribution in [3.8, 4) is 12.3 Å². The maximum Gasteiger partial charge on any atom is 0.344 e. The summed E-state index contributed by atoms with van der Waals surface area (Å²) in [6.07, 6.45) is 13.9. The van der Waals surface area contributed by atoms with E-state index in [0.717, 1.165) is 44.9 Å². The molecule has 0 spiro atoms. The van der Waals surface area contributed by atoms with Crippen LogP contribution in [0.5, 0.6) is 0 Å². The van der Waals surface area contributed by atoms with Crippen molar-refractivity contribution in [1.29, 1.82) is 0 Å². The standard InChI is InChI=1S/C21H26O3/c1-2-20(15-9-10-16-20)24-19(22)21(23,17-11-5-3-6-12-17)18-13-7-4-8-14-18/h1,3,5-6,11-12,18,23H,4,7-10,13-16H2. The lowest BCUT2D eigenvalue weighted by molar-refractivity contribution is -0.186. The highest BCUT2D eigenvalue weighted by Crippen LogP contribution is 2.42. The number of terminal acetylenes is 1. The lowest BCUT2D eigenvalue weighted by atomic mass is 9.73.